The topological polar surface area (TPSA) is 30.5 Å². The maximum Gasteiger partial charge on any atom is 0.174 e. The number of hydrogen-bond acceptors (Lipinski definition) is 3. The zero-order valence-corrected chi connectivity index (χ0v) is 17.5. The van der Waals surface area contributed by atoms with Gasteiger partial charge in [0.1, 0.15) is 6.61 Å². The summed E-state index contributed by atoms with van der Waals surface area (Å²) in [6.07, 6.45) is 0. The normalized spacial score (nSPS) is 10.9. The van der Waals surface area contributed by atoms with Crippen LogP contribution in [0.5, 0.6) is 11.5 Å². The van der Waals surface area contributed by atoms with Crippen LogP contribution in [0.15, 0.2) is 42.5 Å². The molecule has 24 heavy (non-hydrogen) atoms. The first-order valence-corrected chi connectivity index (χ1v) is 8.75. The SMILES string of the molecule is COc1cc(CNC(C)(C)C)cc(I)c1OCc1ccccc1.Cl. The third-order valence-electron chi connectivity index (χ3n) is 3.34. The molecule has 0 saturated carbocycles. The molecule has 0 aromatic heterocycles. The summed E-state index contributed by atoms with van der Waals surface area (Å²) in [5.41, 5.74) is 2.42. The van der Waals surface area contributed by atoms with E-state index in [1.54, 1.807) is 7.11 Å². The zero-order valence-electron chi connectivity index (χ0n) is 14.6. The van der Waals surface area contributed by atoms with E-state index >= 15 is 0 Å². The van der Waals surface area contributed by atoms with Crippen LogP contribution < -0.4 is 14.8 Å². The third kappa shape index (κ3) is 6.49. The molecule has 0 unspecified atom stereocenters. The highest BCUT2D eigenvalue weighted by Gasteiger charge is 2.14. The quantitative estimate of drug-likeness (QED) is 0.601. The Balaban J connectivity index is 0.00000288. The van der Waals surface area contributed by atoms with E-state index in [0.717, 1.165) is 27.2 Å². The summed E-state index contributed by atoms with van der Waals surface area (Å²) in [6.45, 7) is 7.81. The molecule has 0 aliphatic heterocycles. The Bertz CT molecular complexity index is 642. The zero-order chi connectivity index (χ0) is 16.9. The highest BCUT2D eigenvalue weighted by molar-refractivity contribution is 14.1. The molecule has 2 rings (SSSR count). The largest absolute Gasteiger partial charge is 0.493 e. The van der Waals surface area contributed by atoms with Crippen LogP contribution >= 0.6 is 35.0 Å². The Labute approximate surface area is 164 Å². The molecule has 0 heterocycles. The predicted octanol–water partition coefficient (Wildman–Crippen LogP) is 5.19. The van der Waals surface area contributed by atoms with Crippen molar-refractivity contribution in [1.82, 2.24) is 5.32 Å². The molecule has 2 aromatic rings. The molecule has 0 fully saturated rings. The minimum atomic E-state index is 0. The van der Waals surface area contributed by atoms with Crippen LogP contribution in [0.1, 0.15) is 31.9 Å². The Morgan fingerprint density at radius 3 is 2.29 bits per heavy atom. The first-order valence-electron chi connectivity index (χ1n) is 7.67. The second kappa shape index (κ2) is 9.49. The molecule has 132 valence electrons. The summed E-state index contributed by atoms with van der Waals surface area (Å²) in [7, 11) is 1.68. The van der Waals surface area contributed by atoms with Gasteiger partial charge in [0.15, 0.2) is 11.5 Å². The summed E-state index contributed by atoms with van der Waals surface area (Å²) in [5, 5.41) is 3.49. The lowest BCUT2D eigenvalue weighted by molar-refractivity contribution is 0.282. The summed E-state index contributed by atoms with van der Waals surface area (Å²) in [5.74, 6) is 1.58. The number of benzene rings is 2. The molecule has 0 aliphatic rings. The summed E-state index contributed by atoms with van der Waals surface area (Å²) < 4.78 is 12.6. The number of nitrogens with one attached hydrogen (secondary N) is 1. The smallest absolute Gasteiger partial charge is 0.174 e. The van der Waals surface area contributed by atoms with Gasteiger partial charge in [0.25, 0.3) is 0 Å². The number of methoxy groups -OCH3 is 1. The minimum absolute atomic E-state index is 0. The first-order chi connectivity index (χ1) is 10.9. The van der Waals surface area contributed by atoms with E-state index in [0.29, 0.717) is 6.61 Å². The summed E-state index contributed by atoms with van der Waals surface area (Å²) in [6, 6.07) is 14.3. The van der Waals surface area contributed by atoms with Crippen molar-refractivity contribution >= 4 is 35.0 Å². The lowest BCUT2D eigenvalue weighted by Gasteiger charge is -2.21. The van der Waals surface area contributed by atoms with Gasteiger partial charge >= 0.3 is 0 Å². The van der Waals surface area contributed by atoms with Crippen LogP contribution in [0.25, 0.3) is 0 Å². The lowest BCUT2D eigenvalue weighted by atomic mass is 10.1. The molecule has 0 atom stereocenters. The fraction of sp³-hybridized carbons (Fsp3) is 0.368. The lowest BCUT2D eigenvalue weighted by Crippen LogP contribution is -2.35. The van der Waals surface area contributed by atoms with E-state index in [-0.39, 0.29) is 17.9 Å². The molecule has 0 radical (unpaired) electrons. The van der Waals surface area contributed by atoms with Crippen LogP contribution in [0.4, 0.5) is 0 Å². The second-order valence-electron chi connectivity index (χ2n) is 6.49. The number of halogens is 2. The molecule has 0 spiro atoms. The van der Waals surface area contributed by atoms with Crippen molar-refractivity contribution in [3.63, 3.8) is 0 Å². The number of hydrogen-bond donors (Lipinski definition) is 1. The fourth-order valence-corrected chi connectivity index (χ4v) is 2.93. The predicted molar refractivity (Wildman–Crippen MR) is 110 cm³/mol. The molecule has 2 aromatic carbocycles. The van der Waals surface area contributed by atoms with Gasteiger partial charge in [-0.05, 0) is 66.6 Å². The van der Waals surface area contributed by atoms with Gasteiger partial charge < -0.3 is 14.8 Å². The molecule has 0 bridgehead atoms. The maximum atomic E-state index is 5.99. The molecule has 5 heteroatoms. The van der Waals surface area contributed by atoms with Crippen molar-refractivity contribution in [3.05, 3.63) is 57.2 Å². The van der Waals surface area contributed by atoms with Gasteiger partial charge in [-0.25, -0.2) is 0 Å². The van der Waals surface area contributed by atoms with E-state index < -0.39 is 0 Å². The van der Waals surface area contributed by atoms with E-state index in [4.69, 9.17) is 9.47 Å². The number of rotatable bonds is 6. The highest BCUT2D eigenvalue weighted by atomic mass is 127. The van der Waals surface area contributed by atoms with Crippen molar-refractivity contribution in [2.75, 3.05) is 7.11 Å². The first kappa shape index (κ1) is 21.1. The average molecular weight is 462 g/mol. The monoisotopic (exact) mass is 461 g/mol. The van der Waals surface area contributed by atoms with Crippen LogP contribution in [-0.4, -0.2) is 12.6 Å². The standard InChI is InChI=1S/C19H24INO2.ClH/c1-19(2,3)21-12-15-10-16(20)18(17(11-15)22-4)23-13-14-8-6-5-7-9-14;/h5-11,21H,12-13H2,1-4H3;1H. The summed E-state index contributed by atoms with van der Waals surface area (Å²) in [4.78, 5) is 0. The van der Waals surface area contributed by atoms with Gasteiger partial charge in [-0.15, -0.1) is 12.4 Å². The van der Waals surface area contributed by atoms with Crippen LogP contribution in [-0.2, 0) is 13.2 Å². The minimum Gasteiger partial charge on any atom is -0.493 e. The van der Waals surface area contributed by atoms with E-state index in [9.17, 15) is 0 Å². The average Bonchev–Trinajstić information content (AvgIpc) is 2.51. The fourth-order valence-electron chi connectivity index (χ4n) is 2.11. The molecular weight excluding hydrogens is 437 g/mol. The van der Waals surface area contributed by atoms with Crippen molar-refractivity contribution in [3.8, 4) is 11.5 Å². The summed E-state index contributed by atoms with van der Waals surface area (Å²) >= 11 is 2.31. The van der Waals surface area contributed by atoms with Gasteiger partial charge in [0, 0.05) is 12.1 Å². The van der Waals surface area contributed by atoms with Crippen LogP contribution in [0.3, 0.4) is 0 Å². The van der Waals surface area contributed by atoms with E-state index in [2.05, 4.69) is 66.9 Å². The Morgan fingerprint density at radius 2 is 1.71 bits per heavy atom. The van der Waals surface area contributed by atoms with Crippen molar-refractivity contribution < 1.29 is 9.47 Å². The van der Waals surface area contributed by atoms with Gasteiger partial charge in [0.05, 0.1) is 10.7 Å². The Morgan fingerprint density at radius 1 is 1.04 bits per heavy atom. The van der Waals surface area contributed by atoms with Crippen molar-refractivity contribution in [2.45, 2.75) is 39.5 Å². The molecule has 0 saturated heterocycles. The molecule has 0 aliphatic carbocycles. The maximum absolute atomic E-state index is 5.99. The van der Waals surface area contributed by atoms with Gasteiger partial charge in [0.2, 0.25) is 0 Å². The second-order valence-corrected chi connectivity index (χ2v) is 7.65. The number of ether oxygens (including phenoxy) is 2. The van der Waals surface area contributed by atoms with Crippen molar-refractivity contribution in [2.24, 2.45) is 0 Å². The van der Waals surface area contributed by atoms with E-state index in [1.807, 2.05) is 24.3 Å². The molecular formula is C19H25ClINO2. The van der Waals surface area contributed by atoms with Gasteiger partial charge in [-0.3, -0.25) is 0 Å². The Kier molecular flexibility index (Phi) is 8.33. The molecule has 3 nitrogen and oxygen atoms in total. The highest BCUT2D eigenvalue weighted by Crippen LogP contribution is 2.34. The van der Waals surface area contributed by atoms with Gasteiger partial charge in [-0.2, -0.15) is 0 Å². The van der Waals surface area contributed by atoms with Crippen LogP contribution in [0, 0.1) is 3.57 Å². The van der Waals surface area contributed by atoms with E-state index in [1.165, 1.54) is 5.56 Å². The Hall–Kier alpha value is -0.980. The molecule has 0 amide bonds. The van der Waals surface area contributed by atoms with Crippen LogP contribution in [0.2, 0.25) is 0 Å². The third-order valence-corrected chi connectivity index (χ3v) is 4.14. The van der Waals surface area contributed by atoms with Crippen molar-refractivity contribution in [1.29, 1.82) is 0 Å². The molecule has 1 N–H and O–H groups in total. The van der Waals surface area contributed by atoms with Gasteiger partial charge in [-0.1, -0.05) is 30.3 Å².